The van der Waals surface area contributed by atoms with E-state index in [9.17, 15) is 14.0 Å². The smallest absolute Gasteiger partial charge is 0.387 e. The highest BCUT2D eigenvalue weighted by Crippen LogP contribution is 2.49. The Kier molecular flexibility index (Phi) is 3.25. The fourth-order valence-corrected chi connectivity index (χ4v) is 1.99. The third-order valence-corrected chi connectivity index (χ3v) is 3.34. The van der Waals surface area contributed by atoms with Gasteiger partial charge in [0.15, 0.2) is 0 Å². The van der Waals surface area contributed by atoms with Crippen molar-refractivity contribution in [1.29, 1.82) is 5.26 Å². The van der Waals surface area contributed by atoms with Crippen molar-refractivity contribution in [2.75, 3.05) is 0 Å². The SMILES string of the molecule is CC(C)c1cc(OC(F)F)cc(C2(C#N)CC2)c1. The van der Waals surface area contributed by atoms with E-state index >= 15 is 0 Å². The van der Waals surface area contributed by atoms with Gasteiger partial charge in [-0.25, -0.2) is 0 Å². The molecule has 0 bridgehead atoms. The van der Waals surface area contributed by atoms with Gasteiger partial charge in [0.1, 0.15) is 5.75 Å². The normalized spacial score (nSPS) is 16.7. The van der Waals surface area contributed by atoms with Gasteiger partial charge in [0.2, 0.25) is 0 Å². The topological polar surface area (TPSA) is 33.0 Å². The second-order valence-electron chi connectivity index (χ2n) is 5.02. The predicted molar refractivity (Wildman–Crippen MR) is 63.7 cm³/mol. The molecular formula is C14H15F2NO. The summed E-state index contributed by atoms with van der Waals surface area (Å²) in [5.74, 6) is 0.354. The number of rotatable bonds is 4. The van der Waals surface area contributed by atoms with Crippen LogP contribution in [-0.2, 0) is 5.41 Å². The number of benzene rings is 1. The summed E-state index contributed by atoms with van der Waals surface area (Å²) in [6.07, 6.45) is 1.58. The van der Waals surface area contributed by atoms with Crippen LogP contribution in [0.15, 0.2) is 18.2 Å². The second-order valence-corrected chi connectivity index (χ2v) is 5.02. The van der Waals surface area contributed by atoms with Crippen LogP contribution in [0.25, 0.3) is 0 Å². The van der Waals surface area contributed by atoms with Crippen LogP contribution in [0.3, 0.4) is 0 Å². The van der Waals surface area contributed by atoms with Crippen molar-refractivity contribution >= 4 is 0 Å². The van der Waals surface area contributed by atoms with E-state index in [4.69, 9.17) is 0 Å². The molecule has 96 valence electrons. The van der Waals surface area contributed by atoms with E-state index in [0.29, 0.717) is 0 Å². The van der Waals surface area contributed by atoms with Crippen LogP contribution in [0.1, 0.15) is 43.7 Å². The van der Waals surface area contributed by atoms with Crippen molar-refractivity contribution in [1.82, 2.24) is 0 Å². The van der Waals surface area contributed by atoms with Gasteiger partial charge in [-0.1, -0.05) is 19.9 Å². The van der Waals surface area contributed by atoms with Gasteiger partial charge < -0.3 is 4.74 Å². The maximum absolute atomic E-state index is 12.3. The average molecular weight is 251 g/mol. The quantitative estimate of drug-likeness (QED) is 0.811. The molecule has 0 spiro atoms. The minimum absolute atomic E-state index is 0.146. The molecule has 2 rings (SSSR count). The summed E-state index contributed by atoms with van der Waals surface area (Å²) < 4.78 is 29.1. The van der Waals surface area contributed by atoms with Gasteiger partial charge in [0.25, 0.3) is 0 Å². The Balaban J connectivity index is 2.41. The molecule has 1 aliphatic carbocycles. The zero-order chi connectivity index (χ0) is 13.3. The van der Waals surface area contributed by atoms with Crippen LogP contribution >= 0.6 is 0 Å². The molecule has 0 amide bonds. The first-order valence-electron chi connectivity index (χ1n) is 5.98. The minimum atomic E-state index is -2.84. The van der Waals surface area contributed by atoms with Crippen molar-refractivity contribution in [3.63, 3.8) is 0 Å². The Morgan fingerprint density at radius 3 is 2.39 bits per heavy atom. The van der Waals surface area contributed by atoms with Gasteiger partial charge in [-0.05, 0) is 42.0 Å². The third-order valence-electron chi connectivity index (χ3n) is 3.34. The first-order valence-corrected chi connectivity index (χ1v) is 5.98. The van der Waals surface area contributed by atoms with Gasteiger partial charge in [0, 0.05) is 0 Å². The zero-order valence-corrected chi connectivity index (χ0v) is 10.4. The molecule has 0 N–H and O–H groups in total. The lowest BCUT2D eigenvalue weighted by molar-refractivity contribution is -0.0499. The Hall–Kier alpha value is -1.63. The highest BCUT2D eigenvalue weighted by molar-refractivity contribution is 5.46. The van der Waals surface area contributed by atoms with Crippen molar-refractivity contribution in [2.45, 2.75) is 44.6 Å². The number of alkyl halides is 2. The van der Waals surface area contributed by atoms with Crippen LogP contribution < -0.4 is 4.74 Å². The first kappa shape index (κ1) is 12.8. The molecule has 1 aliphatic rings. The average Bonchev–Trinajstić information content (AvgIpc) is 3.08. The van der Waals surface area contributed by atoms with Crippen LogP contribution in [-0.4, -0.2) is 6.61 Å². The first-order chi connectivity index (χ1) is 8.47. The summed E-state index contributed by atoms with van der Waals surface area (Å²) >= 11 is 0. The predicted octanol–water partition coefficient (Wildman–Crippen LogP) is 3.97. The van der Waals surface area contributed by atoms with Gasteiger partial charge in [-0.3, -0.25) is 0 Å². The Labute approximate surface area is 105 Å². The minimum Gasteiger partial charge on any atom is -0.435 e. The summed E-state index contributed by atoms with van der Waals surface area (Å²) in [4.78, 5) is 0. The molecule has 1 aromatic rings. The summed E-state index contributed by atoms with van der Waals surface area (Å²) in [5.41, 5.74) is 1.24. The van der Waals surface area contributed by atoms with Gasteiger partial charge in [0.05, 0.1) is 11.5 Å². The van der Waals surface area contributed by atoms with Gasteiger partial charge in [-0.15, -0.1) is 0 Å². The number of nitrogens with zero attached hydrogens (tertiary/aromatic N) is 1. The monoisotopic (exact) mass is 251 g/mol. The fourth-order valence-electron chi connectivity index (χ4n) is 1.99. The van der Waals surface area contributed by atoms with E-state index in [-0.39, 0.29) is 11.7 Å². The number of nitriles is 1. The lowest BCUT2D eigenvalue weighted by Crippen LogP contribution is -2.07. The largest absolute Gasteiger partial charge is 0.435 e. The van der Waals surface area contributed by atoms with E-state index in [0.717, 1.165) is 24.0 Å². The fraction of sp³-hybridized carbons (Fsp3) is 0.500. The summed E-state index contributed by atoms with van der Waals surface area (Å²) in [7, 11) is 0. The van der Waals surface area contributed by atoms with Crippen LogP contribution in [0.4, 0.5) is 8.78 Å². The van der Waals surface area contributed by atoms with E-state index < -0.39 is 12.0 Å². The molecule has 1 aromatic carbocycles. The molecular weight excluding hydrogens is 236 g/mol. The molecule has 0 heterocycles. The molecule has 4 heteroatoms. The maximum Gasteiger partial charge on any atom is 0.387 e. The molecule has 0 atom stereocenters. The molecule has 1 saturated carbocycles. The Bertz CT molecular complexity index is 487. The molecule has 0 aromatic heterocycles. The van der Waals surface area contributed by atoms with Crippen molar-refractivity contribution < 1.29 is 13.5 Å². The van der Waals surface area contributed by atoms with E-state index in [1.807, 2.05) is 19.9 Å². The molecule has 0 aliphatic heterocycles. The number of ether oxygens (including phenoxy) is 1. The number of hydrogen-bond donors (Lipinski definition) is 0. The molecule has 2 nitrogen and oxygen atoms in total. The lowest BCUT2D eigenvalue weighted by Gasteiger charge is -2.15. The highest BCUT2D eigenvalue weighted by Gasteiger charge is 2.45. The lowest BCUT2D eigenvalue weighted by atomic mass is 9.92. The molecule has 0 radical (unpaired) electrons. The standard InChI is InChI=1S/C14H15F2NO/c1-9(2)10-5-11(14(8-17)3-4-14)7-12(6-10)18-13(15)16/h5-7,9,13H,3-4H2,1-2H3. The Morgan fingerprint density at radius 1 is 1.28 bits per heavy atom. The number of halogens is 2. The van der Waals surface area contributed by atoms with Crippen LogP contribution in [0.2, 0.25) is 0 Å². The maximum atomic E-state index is 12.3. The molecule has 18 heavy (non-hydrogen) atoms. The van der Waals surface area contributed by atoms with Crippen molar-refractivity contribution in [3.8, 4) is 11.8 Å². The molecule has 0 unspecified atom stereocenters. The second kappa shape index (κ2) is 4.56. The summed E-state index contributed by atoms with van der Waals surface area (Å²) in [5, 5.41) is 9.17. The Morgan fingerprint density at radius 2 is 1.94 bits per heavy atom. The summed E-state index contributed by atoms with van der Waals surface area (Å²) in [6, 6.07) is 7.38. The molecule has 1 fully saturated rings. The van der Waals surface area contributed by atoms with Crippen LogP contribution in [0.5, 0.6) is 5.75 Å². The third kappa shape index (κ3) is 2.45. The van der Waals surface area contributed by atoms with Gasteiger partial charge >= 0.3 is 6.61 Å². The van der Waals surface area contributed by atoms with Crippen molar-refractivity contribution in [2.24, 2.45) is 0 Å². The highest BCUT2D eigenvalue weighted by atomic mass is 19.3. The van der Waals surface area contributed by atoms with Gasteiger partial charge in [-0.2, -0.15) is 14.0 Å². The van der Waals surface area contributed by atoms with E-state index in [2.05, 4.69) is 10.8 Å². The number of hydrogen-bond acceptors (Lipinski definition) is 2. The van der Waals surface area contributed by atoms with Crippen molar-refractivity contribution in [3.05, 3.63) is 29.3 Å². The molecule has 0 saturated heterocycles. The van der Waals surface area contributed by atoms with Crippen LogP contribution in [0, 0.1) is 11.3 Å². The zero-order valence-electron chi connectivity index (χ0n) is 10.4. The summed E-state index contributed by atoms with van der Waals surface area (Å²) in [6.45, 7) is 1.13. The van der Waals surface area contributed by atoms with E-state index in [1.165, 1.54) is 0 Å². The van der Waals surface area contributed by atoms with E-state index in [1.54, 1.807) is 12.1 Å².